The van der Waals surface area contributed by atoms with Crippen LogP contribution in [0.2, 0.25) is 5.02 Å². The number of amides is 1. The Kier molecular flexibility index (Phi) is 7.73. The second kappa shape index (κ2) is 10.0. The van der Waals surface area contributed by atoms with Crippen molar-refractivity contribution in [1.29, 1.82) is 5.26 Å². The molecular weight excluding hydrogens is 436 g/mol. The van der Waals surface area contributed by atoms with E-state index in [1.807, 2.05) is 6.07 Å². The Morgan fingerprint density at radius 3 is 2.89 bits per heavy atom. The van der Waals surface area contributed by atoms with E-state index in [0.717, 1.165) is 0 Å². The maximum absolute atomic E-state index is 11.9. The molecular formula is C18H16BrClN4O3. The highest BCUT2D eigenvalue weighted by molar-refractivity contribution is 9.10. The quantitative estimate of drug-likeness (QED) is 0.514. The molecule has 2 rings (SSSR count). The van der Waals surface area contributed by atoms with Gasteiger partial charge in [0.05, 0.1) is 18.5 Å². The number of hydrogen-bond acceptors (Lipinski definition) is 6. The molecule has 0 aliphatic rings. The number of benzene rings is 1. The minimum atomic E-state index is -0.502. The van der Waals surface area contributed by atoms with E-state index in [2.05, 4.69) is 31.4 Å². The number of nitriles is 1. The molecule has 1 aromatic carbocycles. The lowest BCUT2D eigenvalue weighted by Gasteiger charge is -2.13. The fourth-order valence-electron chi connectivity index (χ4n) is 2.13. The van der Waals surface area contributed by atoms with Crippen LogP contribution in [0.1, 0.15) is 22.4 Å². The average Bonchev–Trinajstić information content (AvgIpc) is 2.65. The number of methoxy groups -OCH3 is 1. The predicted molar refractivity (Wildman–Crippen MR) is 105 cm³/mol. The molecule has 0 aliphatic carbocycles. The first-order valence-corrected chi connectivity index (χ1v) is 8.92. The van der Waals surface area contributed by atoms with Gasteiger partial charge in [0, 0.05) is 27.7 Å². The van der Waals surface area contributed by atoms with Gasteiger partial charge in [-0.25, -0.2) is 10.4 Å². The number of nitrogens with one attached hydrogen (secondary N) is 1. The van der Waals surface area contributed by atoms with E-state index in [1.165, 1.54) is 13.3 Å². The first-order chi connectivity index (χ1) is 13.0. The van der Waals surface area contributed by atoms with E-state index in [1.54, 1.807) is 31.2 Å². The number of carbonyl (C=O) groups excluding carboxylic acids is 1. The number of aromatic nitrogens is 1. The van der Waals surface area contributed by atoms with Crippen LogP contribution in [0, 0.1) is 18.3 Å². The summed E-state index contributed by atoms with van der Waals surface area (Å²) in [4.78, 5) is 16.1. The van der Waals surface area contributed by atoms with Gasteiger partial charge in [-0.15, -0.1) is 0 Å². The maximum Gasteiger partial charge on any atom is 0.278 e. The van der Waals surface area contributed by atoms with Gasteiger partial charge in [0.25, 0.3) is 5.91 Å². The van der Waals surface area contributed by atoms with Crippen LogP contribution in [0.4, 0.5) is 0 Å². The standard InChI is InChI=1S/C18H16BrClN4O3/c1-11-17(19)14(9-26-2)13(7-21)18(23-11)27-10-16(25)24-22-8-12-5-3-4-6-15(12)20/h3-6,8H,9-10H2,1-2H3,(H,24,25)/b22-8+. The SMILES string of the molecule is COCc1c(Br)c(C)nc(OCC(=O)N/N=C/c2ccccc2Cl)c1C#N. The minimum Gasteiger partial charge on any atom is -0.467 e. The molecule has 7 nitrogen and oxygen atoms in total. The number of hydrazone groups is 1. The van der Waals surface area contributed by atoms with Crippen molar-refractivity contribution in [1.82, 2.24) is 10.4 Å². The number of halogens is 2. The van der Waals surface area contributed by atoms with Crippen LogP contribution in [0.15, 0.2) is 33.8 Å². The normalized spacial score (nSPS) is 10.6. The largest absolute Gasteiger partial charge is 0.467 e. The number of ether oxygens (including phenoxy) is 2. The van der Waals surface area contributed by atoms with Gasteiger partial charge in [-0.3, -0.25) is 4.79 Å². The molecule has 1 aromatic heterocycles. The molecule has 0 radical (unpaired) electrons. The molecule has 140 valence electrons. The van der Waals surface area contributed by atoms with Crippen molar-refractivity contribution in [3.8, 4) is 11.9 Å². The molecule has 9 heteroatoms. The van der Waals surface area contributed by atoms with E-state index in [0.29, 0.717) is 26.3 Å². The average molecular weight is 452 g/mol. The Morgan fingerprint density at radius 2 is 2.22 bits per heavy atom. The van der Waals surface area contributed by atoms with Gasteiger partial charge in [-0.05, 0) is 28.9 Å². The third-order valence-electron chi connectivity index (χ3n) is 3.41. The lowest BCUT2D eigenvalue weighted by atomic mass is 10.1. The summed E-state index contributed by atoms with van der Waals surface area (Å²) < 4.78 is 11.2. The fraction of sp³-hybridized carbons (Fsp3) is 0.222. The Bertz CT molecular complexity index is 912. The van der Waals surface area contributed by atoms with Crippen molar-refractivity contribution in [3.05, 3.63) is 56.1 Å². The molecule has 0 saturated carbocycles. The summed E-state index contributed by atoms with van der Waals surface area (Å²) in [5, 5.41) is 13.8. The van der Waals surface area contributed by atoms with Crippen molar-refractivity contribution >= 4 is 39.7 Å². The zero-order valence-corrected chi connectivity index (χ0v) is 17.0. The van der Waals surface area contributed by atoms with Gasteiger partial charge >= 0.3 is 0 Å². The van der Waals surface area contributed by atoms with Crippen LogP contribution in [-0.2, 0) is 16.1 Å². The second-order valence-corrected chi connectivity index (χ2v) is 6.52. The highest BCUT2D eigenvalue weighted by atomic mass is 79.9. The molecule has 1 amide bonds. The van der Waals surface area contributed by atoms with E-state index in [4.69, 9.17) is 21.1 Å². The van der Waals surface area contributed by atoms with Gasteiger partial charge in [-0.1, -0.05) is 29.8 Å². The monoisotopic (exact) mass is 450 g/mol. The topological polar surface area (TPSA) is 96.6 Å². The Hall–Kier alpha value is -2.47. The number of pyridine rings is 1. The summed E-state index contributed by atoms with van der Waals surface area (Å²) in [6.45, 7) is 1.61. The highest BCUT2D eigenvalue weighted by Gasteiger charge is 2.18. The lowest BCUT2D eigenvalue weighted by molar-refractivity contribution is -0.123. The highest BCUT2D eigenvalue weighted by Crippen LogP contribution is 2.29. The van der Waals surface area contributed by atoms with Gasteiger partial charge < -0.3 is 9.47 Å². The van der Waals surface area contributed by atoms with Gasteiger partial charge in [-0.2, -0.15) is 10.4 Å². The van der Waals surface area contributed by atoms with Crippen LogP contribution in [-0.4, -0.2) is 30.8 Å². The van der Waals surface area contributed by atoms with Crippen LogP contribution in [0.3, 0.4) is 0 Å². The molecule has 1 N–H and O–H groups in total. The van der Waals surface area contributed by atoms with Crippen LogP contribution in [0.5, 0.6) is 5.88 Å². The third-order valence-corrected chi connectivity index (χ3v) is 4.80. The molecule has 0 spiro atoms. The number of hydrogen-bond donors (Lipinski definition) is 1. The van der Waals surface area contributed by atoms with Crippen molar-refractivity contribution in [2.45, 2.75) is 13.5 Å². The summed E-state index contributed by atoms with van der Waals surface area (Å²) in [7, 11) is 1.52. The number of nitrogens with zero attached hydrogens (tertiary/aromatic N) is 3. The smallest absolute Gasteiger partial charge is 0.278 e. The molecule has 0 unspecified atom stereocenters. The van der Waals surface area contributed by atoms with Crippen LogP contribution < -0.4 is 10.2 Å². The van der Waals surface area contributed by atoms with E-state index >= 15 is 0 Å². The first-order valence-electron chi connectivity index (χ1n) is 7.75. The molecule has 0 atom stereocenters. The molecule has 0 saturated heterocycles. The molecule has 1 heterocycles. The third kappa shape index (κ3) is 5.50. The van der Waals surface area contributed by atoms with E-state index in [9.17, 15) is 10.1 Å². The number of aryl methyl sites for hydroxylation is 1. The van der Waals surface area contributed by atoms with Crippen molar-refractivity contribution in [3.63, 3.8) is 0 Å². The molecule has 0 aliphatic heterocycles. The molecule has 27 heavy (non-hydrogen) atoms. The Morgan fingerprint density at radius 1 is 1.48 bits per heavy atom. The zero-order chi connectivity index (χ0) is 19.8. The minimum absolute atomic E-state index is 0.0653. The van der Waals surface area contributed by atoms with Crippen molar-refractivity contribution in [2.75, 3.05) is 13.7 Å². The molecule has 0 bridgehead atoms. The van der Waals surface area contributed by atoms with Gasteiger partial charge in [0.1, 0.15) is 11.6 Å². The predicted octanol–water partition coefficient (Wildman–Crippen LogP) is 3.35. The fourth-order valence-corrected chi connectivity index (χ4v) is 2.72. The summed E-state index contributed by atoms with van der Waals surface area (Å²) in [6, 6.07) is 9.12. The van der Waals surface area contributed by atoms with Crippen molar-refractivity contribution < 1.29 is 14.3 Å². The van der Waals surface area contributed by atoms with E-state index in [-0.39, 0.29) is 24.7 Å². The Balaban J connectivity index is 2.05. The van der Waals surface area contributed by atoms with Crippen LogP contribution >= 0.6 is 27.5 Å². The second-order valence-electron chi connectivity index (χ2n) is 5.32. The molecule has 0 fully saturated rings. The molecule has 2 aromatic rings. The van der Waals surface area contributed by atoms with E-state index < -0.39 is 5.91 Å². The summed E-state index contributed by atoms with van der Waals surface area (Å²) in [5.41, 5.74) is 4.44. The van der Waals surface area contributed by atoms with Crippen LogP contribution in [0.25, 0.3) is 0 Å². The van der Waals surface area contributed by atoms with Gasteiger partial charge in [0.15, 0.2) is 6.61 Å². The summed E-state index contributed by atoms with van der Waals surface area (Å²) in [6.07, 6.45) is 1.43. The van der Waals surface area contributed by atoms with Crippen molar-refractivity contribution in [2.24, 2.45) is 5.10 Å². The summed E-state index contributed by atoms with van der Waals surface area (Å²) >= 11 is 9.39. The zero-order valence-electron chi connectivity index (χ0n) is 14.6. The number of rotatable bonds is 7. The Labute approximate surface area is 170 Å². The first kappa shape index (κ1) is 20.8. The number of carbonyl (C=O) groups is 1. The summed E-state index contributed by atoms with van der Waals surface area (Å²) in [5.74, 6) is -0.437. The van der Waals surface area contributed by atoms with Gasteiger partial charge in [0.2, 0.25) is 5.88 Å². The maximum atomic E-state index is 11.9. The lowest BCUT2D eigenvalue weighted by Crippen LogP contribution is -2.25.